The van der Waals surface area contributed by atoms with Gasteiger partial charge in [0.2, 0.25) is 5.91 Å². The summed E-state index contributed by atoms with van der Waals surface area (Å²) in [6, 6.07) is 4.24. The van der Waals surface area contributed by atoms with Crippen LogP contribution in [0, 0.1) is 5.92 Å². The molecule has 4 rings (SSSR count). The van der Waals surface area contributed by atoms with Gasteiger partial charge in [-0.25, -0.2) is 0 Å². The fraction of sp³-hybridized carbons (Fsp3) is 0.278. The summed E-state index contributed by atoms with van der Waals surface area (Å²) >= 11 is 0. The van der Waals surface area contributed by atoms with Crippen molar-refractivity contribution in [1.82, 2.24) is 0 Å². The highest BCUT2D eigenvalue weighted by molar-refractivity contribution is 6.19. The van der Waals surface area contributed by atoms with E-state index in [1.165, 1.54) is 36.5 Å². The van der Waals surface area contributed by atoms with Gasteiger partial charge in [0.05, 0.1) is 0 Å². The zero-order chi connectivity index (χ0) is 13.7. The first-order valence-corrected chi connectivity index (χ1v) is 7.32. The Labute approximate surface area is 118 Å². The molecule has 0 heterocycles. The number of hydrogen-bond donors (Lipinski definition) is 1. The van der Waals surface area contributed by atoms with Crippen molar-refractivity contribution in [2.45, 2.75) is 25.7 Å². The summed E-state index contributed by atoms with van der Waals surface area (Å²) in [7, 11) is 0. The number of nitrogens with two attached hydrogens (primary N) is 1. The molecule has 0 saturated heterocycles. The maximum atomic E-state index is 11.5. The van der Waals surface area contributed by atoms with E-state index in [9.17, 15) is 4.79 Å². The van der Waals surface area contributed by atoms with Gasteiger partial charge in [0.1, 0.15) is 0 Å². The van der Waals surface area contributed by atoms with Gasteiger partial charge in [-0.3, -0.25) is 4.79 Å². The SMILES string of the molecule is NC(=O)C1=c2ccc3c(c2C=C1)C=CC1CCCCC=31. The van der Waals surface area contributed by atoms with Gasteiger partial charge in [0, 0.05) is 5.57 Å². The van der Waals surface area contributed by atoms with Crippen molar-refractivity contribution in [1.29, 1.82) is 0 Å². The molecule has 1 fully saturated rings. The van der Waals surface area contributed by atoms with Gasteiger partial charge in [-0.2, -0.15) is 0 Å². The van der Waals surface area contributed by atoms with Crippen molar-refractivity contribution in [3.63, 3.8) is 0 Å². The van der Waals surface area contributed by atoms with Gasteiger partial charge in [-0.05, 0) is 52.8 Å². The molecule has 1 aromatic carbocycles. The molecule has 0 radical (unpaired) electrons. The predicted molar refractivity (Wildman–Crippen MR) is 81.7 cm³/mol. The minimum absolute atomic E-state index is 0.345. The van der Waals surface area contributed by atoms with Crippen LogP contribution >= 0.6 is 0 Å². The van der Waals surface area contributed by atoms with Gasteiger partial charge in [0.15, 0.2) is 0 Å². The van der Waals surface area contributed by atoms with Crippen LogP contribution < -0.4 is 16.2 Å². The Kier molecular flexibility index (Phi) is 2.46. The summed E-state index contributed by atoms with van der Waals surface area (Å²) in [6.45, 7) is 0. The summed E-state index contributed by atoms with van der Waals surface area (Å²) in [4.78, 5) is 11.5. The Hall–Kier alpha value is -2.09. The Morgan fingerprint density at radius 1 is 1.05 bits per heavy atom. The number of hydrogen-bond acceptors (Lipinski definition) is 1. The highest BCUT2D eigenvalue weighted by atomic mass is 16.1. The predicted octanol–water partition coefficient (Wildman–Crippen LogP) is 1.72. The van der Waals surface area contributed by atoms with Crippen LogP contribution in [0.4, 0.5) is 0 Å². The van der Waals surface area contributed by atoms with E-state index in [0.29, 0.717) is 11.5 Å². The van der Waals surface area contributed by atoms with Crippen LogP contribution in [0.3, 0.4) is 0 Å². The largest absolute Gasteiger partial charge is 0.366 e. The van der Waals surface area contributed by atoms with Gasteiger partial charge in [-0.1, -0.05) is 42.4 Å². The van der Waals surface area contributed by atoms with Crippen molar-refractivity contribution >= 4 is 29.2 Å². The van der Waals surface area contributed by atoms with E-state index >= 15 is 0 Å². The van der Waals surface area contributed by atoms with Crippen molar-refractivity contribution in [3.05, 3.63) is 45.8 Å². The zero-order valence-corrected chi connectivity index (χ0v) is 11.4. The molecule has 0 aromatic heterocycles. The highest BCUT2D eigenvalue weighted by Gasteiger charge is 2.22. The van der Waals surface area contributed by atoms with Crippen LogP contribution in [0.25, 0.3) is 23.3 Å². The van der Waals surface area contributed by atoms with Crippen molar-refractivity contribution in [2.24, 2.45) is 11.7 Å². The highest BCUT2D eigenvalue weighted by Crippen LogP contribution is 2.33. The number of amides is 1. The molecule has 1 atom stereocenters. The molecule has 2 N–H and O–H groups in total. The minimum atomic E-state index is -0.345. The van der Waals surface area contributed by atoms with Crippen molar-refractivity contribution in [3.8, 4) is 0 Å². The molecular weight excluding hydrogens is 246 g/mol. The summed E-state index contributed by atoms with van der Waals surface area (Å²) in [5.41, 5.74) is 10.1. The summed E-state index contributed by atoms with van der Waals surface area (Å²) < 4.78 is 0. The lowest BCUT2D eigenvalue weighted by atomic mass is 9.78. The van der Waals surface area contributed by atoms with Crippen LogP contribution in [0.5, 0.6) is 0 Å². The van der Waals surface area contributed by atoms with Crippen LogP contribution in [-0.4, -0.2) is 5.91 Å². The van der Waals surface area contributed by atoms with E-state index in [-0.39, 0.29) is 5.91 Å². The Balaban J connectivity index is 2.04. The maximum Gasteiger partial charge on any atom is 0.249 e. The van der Waals surface area contributed by atoms with Gasteiger partial charge >= 0.3 is 0 Å². The fourth-order valence-electron chi connectivity index (χ4n) is 3.78. The third-order valence-corrected chi connectivity index (χ3v) is 4.76. The lowest BCUT2D eigenvalue weighted by Gasteiger charge is -2.26. The number of carbonyl (C=O) groups excluding carboxylic acids is 1. The van der Waals surface area contributed by atoms with E-state index < -0.39 is 0 Å². The first-order valence-electron chi connectivity index (χ1n) is 7.32. The third-order valence-electron chi connectivity index (χ3n) is 4.76. The van der Waals surface area contributed by atoms with Gasteiger partial charge in [0.25, 0.3) is 0 Å². The topological polar surface area (TPSA) is 43.1 Å². The molecule has 1 unspecified atom stereocenters. The number of fused-ring (bicyclic) bond motifs is 4. The lowest BCUT2D eigenvalue weighted by Crippen LogP contribution is -2.27. The van der Waals surface area contributed by atoms with E-state index in [0.717, 1.165) is 10.8 Å². The smallest absolute Gasteiger partial charge is 0.249 e. The Bertz CT molecular complexity index is 795. The van der Waals surface area contributed by atoms with Crippen molar-refractivity contribution in [2.75, 3.05) is 0 Å². The fourth-order valence-corrected chi connectivity index (χ4v) is 3.78. The number of allylic oxidation sites excluding steroid dienone is 1. The minimum Gasteiger partial charge on any atom is -0.366 e. The number of primary amides is 1. The number of benzene rings is 1. The van der Waals surface area contributed by atoms with Crippen LogP contribution in [0.15, 0.2) is 24.3 Å². The number of carbonyl (C=O) groups is 1. The molecule has 3 aliphatic rings. The summed E-state index contributed by atoms with van der Waals surface area (Å²) in [5, 5.41) is 2.36. The Morgan fingerprint density at radius 3 is 2.70 bits per heavy atom. The van der Waals surface area contributed by atoms with E-state index in [4.69, 9.17) is 5.73 Å². The van der Waals surface area contributed by atoms with Crippen LogP contribution in [0.1, 0.15) is 36.8 Å². The second-order valence-electron chi connectivity index (χ2n) is 5.84. The molecule has 1 amide bonds. The monoisotopic (exact) mass is 263 g/mol. The second-order valence-corrected chi connectivity index (χ2v) is 5.84. The normalized spacial score (nSPS) is 22.5. The number of rotatable bonds is 1. The molecule has 0 aliphatic heterocycles. The lowest BCUT2D eigenvalue weighted by molar-refractivity contribution is -0.112. The van der Waals surface area contributed by atoms with Crippen LogP contribution in [-0.2, 0) is 4.79 Å². The molecule has 1 saturated carbocycles. The molecule has 2 nitrogen and oxygen atoms in total. The van der Waals surface area contributed by atoms with E-state index in [2.05, 4.69) is 24.3 Å². The van der Waals surface area contributed by atoms with Crippen molar-refractivity contribution < 1.29 is 4.79 Å². The van der Waals surface area contributed by atoms with E-state index in [1.54, 1.807) is 5.57 Å². The average molecular weight is 263 g/mol. The summed E-state index contributed by atoms with van der Waals surface area (Å²) in [6.07, 6.45) is 13.6. The quantitative estimate of drug-likeness (QED) is 0.823. The molecule has 0 spiro atoms. The standard InChI is InChI=1S/C18H17NO/c19-18(20)17-10-9-15-14-6-5-11-3-1-2-4-12(11)13(14)7-8-16(15)17/h5-11H,1-4H2,(H2,19,20). The average Bonchev–Trinajstić information content (AvgIpc) is 2.91. The molecule has 3 aliphatic carbocycles. The molecule has 100 valence electrons. The van der Waals surface area contributed by atoms with Gasteiger partial charge < -0.3 is 5.73 Å². The Morgan fingerprint density at radius 2 is 1.85 bits per heavy atom. The van der Waals surface area contributed by atoms with Gasteiger partial charge in [-0.15, -0.1) is 0 Å². The molecular formula is C18H17NO. The summed E-state index contributed by atoms with van der Waals surface area (Å²) in [5.74, 6) is 0.280. The zero-order valence-electron chi connectivity index (χ0n) is 11.4. The molecule has 2 heteroatoms. The first kappa shape index (κ1) is 11.7. The van der Waals surface area contributed by atoms with E-state index in [1.807, 2.05) is 12.2 Å². The molecule has 20 heavy (non-hydrogen) atoms. The maximum absolute atomic E-state index is 11.5. The second kappa shape index (κ2) is 4.20. The molecule has 0 bridgehead atoms. The molecule has 1 aromatic rings. The van der Waals surface area contributed by atoms with Crippen LogP contribution in [0.2, 0.25) is 0 Å². The third kappa shape index (κ3) is 1.54. The first-order chi connectivity index (χ1) is 9.75.